The van der Waals surface area contributed by atoms with Crippen LogP contribution in [0, 0.1) is 0 Å². The number of benzene rings is 2. The first-order valence-electron chi connectivity index (χ1n) is 8.33. The van der Waals surface area contributed by atoms with E-state index in [4.69, 9.17) is 0 Å². The van der Waals surface area contributed by atoms with Gasteiger partial charge in [0.15, 0.2) is 0 Å². The van der Waals surface area contributed by atoms with E-state index in [-0.39, 0.29) is 12.1 Å². The van der Waals surface area contributed by atoms with E-state index in [1.54, 1.807) is 28.6 Å². The Labute approximate surface area is 144 Å². The lowest BCUT2D eigenvalue weighted by molar-refractivity contribution is 0.0699. The molecule has 1 aliphatic heterocycles. The van der Waals surface area contributed by atoms with Gasteiger partial charge in [0.2, 0.25) is 10.0 Å². The van der Waals surface area contributed by atoms with E-state index in [2.05, 4.69) is 30.9 Å². The minimum Gasteiger partial charge on any atom is -0.291 e. The first-order valence-corrected chi connectivity index (χ1v) is 9.77. The molecule has 0 aromatic heterocycles. The van der Waals surface area contributed by atoms with E-state index in [1.165, 1.54) is 5.56 Å². The molecule has 3 rings (SSSR count). The Morgan fingerprint density at radius 1 is 0.875 bits per heavy atom. The first kappa shape index (κ1) is 17.1. The van der Waals surface area contributed by atoms with Gasteiger partial charge in [-0.05, 0) is 31.5 Å². The zero-order chi connectivity index (χ0) is 17.2. The second kappa shape index (κ2) is 7.05. The smallest absolute Gasteiger partial charge is 0.243 e. The van der Waals surface area contributed by atoms with Gasteiger partial charge in [-0.15, -0.1) is 0 Å². The molecule has 1 aliphatic rings. The molecule has 1 heterocycles. The summed E-state index contributed by atoms with van der Waals surface area (Å²) in [5.74, 6) is 0. The predicted octanol–water partition coefficient (Wildman–Crippen LogP) is 2.97. The molecule has 0 saturated carbocycles. The molecule has 4 nitrogen and oxygen atoms in total. The topological polar surface area (TPSA) is 40.6 Å². The number of piperazine rings is 1. The van der Waals surface area contributed by atoms with Gasteiger partial charge in [0, 0.05) is 31.7 Å². The van der Waals surface area contributed by atoms with Crippen molar-refractivity contribution in [2.75, 3.05) is 13.1 Å². The Hall–Kier alpha value is -1.69. The van der Waals surface area contributed by atoms with E-state index < -0.39 is 10.0 Å². The summed E-state index contributed by atoms with van der Waals surface area (Å²) in [7, 11) is -3.42. The zero-order valence-corrected chi connectivity index (χ0v) is 15.0. The molecule has 24 heavy (non-hydrogen) atoms. The molecule has 0 radical (unpaired) electrons. The van der Waals surface area contributed by atoms with Crippen molar-refractivity contribution in [3.05, 3.63) is 66.2 Å². The second-order valence-electron chi connectivity index (χ2n) is 6.49. The van der Waals surface area contributed by atoms with Gasteiger partial charge >= 0.3 is 0 Å². The molecule has 2 atom stereocenters. The van der Waals surface area contributed by atoms with Crippen molar-refractivity contribution in [3.63, 3.8) is 0 Å². The fraction of sp³-hybridized carbons (Fsp3) is 0.368. The molecule has 0 bridgehead atoms. The van der Waals surface area contributed by atoms with Crippen LogP contribution in [-0.2, 0) is 16.6 Å². The average molecular weight is 344 g/mol. The molecule has 1 saturated heterocycles. The van der Waals surface area contributed by atoms with Crippen molar-refractivity contribution >= 4 is 10.0 Å². The summed E-state index contributed by atoms with van der Waals surface area (Å²) in [4.78, 5) is 2.76. The van der Waals surface area contributed by atoms with Crippen molar-refractivity contribution in [1.82, 2.24) is 9.21 Å². The summed E-state index contributed by atoms with van der Waals surface area (Å²) in [6.07, 6.45) is 0. The third-order valence-electron chi connectivity index (χ3n) is 4.66. The molecule has 0 amide bonds. The van der Waals surface area contributed by atoms with Crippen LogP contribution in [0.4, 0.5) is 0 Å². The van der Waals surface area contributed by atoms with Crippen LogP contribution in [0.15, 0.2) is 65.6 Å². The Morgan fingerprint density at radius 3 is 1.92 bits per heavy atom. The van der Waals surface area contributed by atoms with Crippen LogP contribution in [0.25, 0.3) is 0 Å². The maximum atomic E-state index is 12.9. The highest BCUT2D eigenvalue weighted by atomic mass is 32.2. The molecule has 0 aliphatic carbocycles. The van der Waals surface area contributed by atoms with Crippen LogP contribution in [-0.4, -0.2) is 42.8 Å². The van der Waals surface area contributed by atoms with Crippen molar-refractivity contribution in [2.45, 2.75) is 37.4 Å². The van der Waals surface area contributed by atoms with Gasteiger partial charge in [-0.2, -0.15) is 4.31 Å². The van der Waals surface area contributed by atoms with Crippen molar-refractivity contribution in [3.8, 4) is 0 Å². The molecule has 0 N–H and O–H groups in total. The van der Waals surface area contributed by atoms with E-state index in [9.17, 15) is 8.42 Å². The molecular weight excluding hydrogens is 320 g/mol. The van der Waals surface area contributed by atoms with E-state index in [0.29, 0.717) is 18.0 Å². The lowest BCUT2D eigenvalue weighted by Gasteiger charge is -2.43. The van der Waals surface area contributed by atoms with Gasteiger partial charge in [0.1, 0.15) is 0 Å². The Balaban J connectivity index is 1.76. The largest absolute Gasteiger partial charge is 0.291 e. The van der Waals surface area contributed by atoms with Gasteiger partial charge in [-0.25, -0.2) is 8.42 Å². The maximum absolute atomic E-state index is 12.9. The van der Waals surface area contributed by atoms with Crippen LogP contribution in [0.3, 0.4) is 0 Å². The van der Waals surface area contributed by atoms with Crippen LogP contribution in [0.2, 0.25) is 0 Å². The molecular formula is C19H24N2O2S. The zero-order valence-electron chi connectivity index (χ0n) is 14.2. The number of rotatable bonds is 4. The number of nitrogens with zero attached hydrogens (tertiary/aromatic N) is 2. The number of hydrogen-bond donors (Lipinski definition) is 0. The molecule has 128 valence electrons. The molecule has 5 heteroatoms. The third-order valence-corrected chi connectivity index (χ3v) is 6.50. The fourth-order valence-electron chi connectivity index (χ4n) is 3.35. The van der Waals surface area contributed by atoms with Crippen LogP contribution in [0.1, 0.15) is 19.4 Å². The normalized spacial score (nSPS) is 23.2. The highest BCUT2D eigenvalue weighted by Gasteiger charge is 2.35. The summed E-state index contributed by atoms with van der Waals surface area (Å²) < 4.78 is 27.3. The van der Waals surface area contributed by atoms with Crippen molar-refractivity contribution < 1.29 is 8.42 Å². The van der Waals surface area contributed by atoms with Crippen LogP contribution >= 0.6 is 0 Å². The standard InChI is InChI=1S/C19H24N2O2S/c1-16-13-20(24(22,23)19-11-7-4-8-12-19)14-17(2)21(16)15-18-9-5-3-6-10-18/h3-12,16-17H,13-15H2,1-2H3. The van der Waals surface area contributed by atoms with Crippen molar-refractivity contribution in [1.29, 1.82) is 0 Å². The quantitative estimate of drug-likeness (QED) is 0.856. The molecule has 2 aromatic carbocycles. The SMILES string of the molecule is CC1CN(S(=O)(=O)c2ccccc2)CC(C)N1Cc1ccccc1. The highest BCUT2D eigenvalue weighted by Crippen LogP contribution is 2.24. The Kier molecular flexibility index (Phi) is 5.04. The summed E-state index contributed by atoms with van der Waals surface area (Å²) in [5, 5.41) is 0. The number of sulfonamides is 1. The molecule has 2 unspecified atom stereocenters. The highest BCUT2D eigenvalue weighted by molar-refractivity contribution is 7.89. The lowest BCUT2D eigenvalue weighted by Crippen LogP contribution is -2.57. The van der Waals surface area contributed by atoms with Crippen LogP contribution in [0.5, 0.6) is 0 Å². The van der Waals surface area contributed by atoms with Crippen LogP contribution < -0.4 is 0 Å². The van der Waals surface area contributed by atoms with Gasteiger partial charge in [-0.1, -0.05) is 48.5 Å². The maximum Gasteiger partial charge on any atom is 0.243 e. The summed E-state index contributed by atoms with van der Waals surface area (Å²) in [6, 6.07) is 19.4. The van der Waals surface area contributed by atoms with Gasteiger partial charge in [-0.3, -0.25) is 4.90 Å². The third kappa shape index (κ3) is 3.53. The number of hydrogen-bond acceptors (Lipinski definition) is 3. The summed E-state index contributed by atoms with van der Waals surface area (Å²) >= 11 is 0. The minimum atomic E-state index is -3.42. The fourth-order valence-corrected chi connectivity index (χ4v) is 4.98. The monoisotopic (exact) mass is 344 g/mol. The summed E-state index contributed by atoms with van der Waals surface area (Å²) in [5.41, 5.74) is 1.26. The van der Waals surface area contributed by atoms with E-state index >= 15 is 0 Å². The van der Waals surface area contributed by atoms with E-state index in [1.807, 2.05) is 24.3 Å². The Bertz CT molecular complexity index is 750. The lowest BCUT2D eigenvalue weighted by atomic mass is 10.1. The summed E-state index contributed by atoms with van der Waals surface area (Å²) in [6.45, 7) is 6.10. The molecule has 1 fully saturated rings. The first-order chi connectivity index (χ1) is 11.5. The van der Waals surface area contributed by atoms with Gasteiger partial charge in [0.05, 0.1) is 4.90 Å². The Morgan fingerprint density at radius 2 is 1.38 bits per heavy atom. The molecule has 2 aromatic rings. The van der Waals surface area contributed by atoms with Gasteiger partial charge in [0.25, 0.3) is 0 Å². The van der Waals surface area contributed by atoms with E-state index in [0.717, 1.165) is 6.54 Å². The van der Waals surface area contributed by atoms with Crippen molar-refractivity contribution in [2.24, 2.45) is 0 Å². The molecule has 0 spiro atoms. The minimum absolute atomic E-state index is 0.174. The average Bonchev–Trinajstić information content (AvgIpc) is 2.59. The predicted molar refractivity (Wildman–Crippen MR) is 96.1 cm³/mol. The van der Waals surface area contributed by atoms with Gasteiger partial charge < -0.3 is 0 Å². The second-order valence-corrected chi connectivity index (χ2v) is 8.43.